The molecule has 5 nitrogen and oxygen atoms in total. The Balaban J connectivity index is 1.26. The molecule has 0 spiro atoms. The number of hydrogen-bond acceptors (Lipinski definition) is 5. The molecule has 0 bridgehead atoms. The van der Waals surface area contributed by atoms with Crippen LogP contribution >= 0.6 is 11.3 Å². The van der Waals surface area contributed by atoms with Gasteiger partial charge in [0.25, 0.3) is 0 Å². The average Bonchev–Trinajstić information content (AvgIpc) is 3.24. The maximum absolute atomic E-state index is 13.1. The molecule has 4 rings (SSSR count). The summed E-state index contributed by atoms with van der Waals surface area (Å²) in [6.45, 7) is 3.40. The Kier molecular flexibility index (Phi) is 7.06. The third-order valence-corrected chi connectivity index (χ3v) is 6.22. The van der Waals surface area contributed by atoms with Gasteiger partial charge in [0.15, 0.2) is 0 Å². The fourth-order valence-corrected chi connectivity index (χ4v) is 4.51. The van der Waals surface area contributed by atoms with Crippen LogP contribution in [0.15, 0.2) is 53.9 Å². The summed E-state index contributed by atoms with van der Waals surface area (Å²) in [6, 6.07) is 11.2. The van der Waals surface area contributed by atoms with Gasteiger partial charge in [0.1, 0.15) is 10.8 Å². The van der Waals surface area contributed by atoms with Crippen LogP contribution in [0.5, 0.6) is 0 Å². The summed E-state index contributed by atoms with van der Waals surface area (Å²) in [5.41, 5.74) is 0.590. The Morgan fingerprint density at radius 3 is 2.36 bits per heavy atom. The van der Waals surface area contributed by atoms with Crippen LogP contribution < -0.4 is 5.32 Å². The number of piperazine rings is 1. The second-order valence-electron chi connectivity index (χ2n) is 7.78. The van der Waals surface area contributed by atoms with Gasteiger partial charge in [0.05, 0.1) is 30.0 Å². The number of halogens is 4. The van der Waals surface area contributed by atoms with E-state index < -0.39 is 17.6 Å². The standard InChI is InChI=1S/C23H22F4N4OS/c24-17-7-5-16(6-8-17)20-15-33-22(29-20)14-31-11-9-30(10-12-31)13-21(32)28-19-4-2-1-3-18(19)23(25,26)27/h1-8,15H,9-14H2,(H,28,32). The molecule has 1 N–H and O–H groups in total. The van der Waals surface area contributed by atoms with Crippen LogP contribution in [0.1, 0.15) is 10.6 Å². The molecule has 1 aliphatic heterocycles. The molecule has 33 heavy (non-hydrogen) atoms. The van der Waals surface area contributed by atoms with Crippen LogP contribution in [0, 0.1) is 5.82 Å². The van der Waals surface area contributed by atoms with E-state index in [0.29, 0.717) is 19.6 Å². The largest absolute Gasteiger partial charge is 0.418 e. The van der Waals surface area contributed by atoms with Gasteiger partial charge in [-0.3, -0.25) is 14.6 Å². The predicted octanol–water partition coefficient (Wildman–Crippen LogP) is 4.72. The number of benzene rings is 2. The number of rotatable bonds is 6. The smallest absolute Gasteiger partial charge is 0.324 e. The number of thiazole rings is 1. The van der Waals surface area contributed by atoms with Crippen molar-refractivity contribution in [3.8, 4) is 11.3 Å². The summed E-state index contributed by atoms with van der Waals surface area (Å²) >= 11 is 1.54. The van der Waals surface area contributed by atoms with Gasteiger partial charge in [-0.25, -0.2) is 9.37 Å². The lowest BCUT2D eigenvalue weighted by atomic mass is 10.1. The third-order valence-electron chi connectivity index (χ3n) is 5.39. The lowest BCUT2D eigenvalue weighted by Gasteiger charge is -2.33. The summed E-state index contributed by atoms with van der Waals surface area (Å²) in [4.78, 5) is 21.1. The van der Waals surface area contributed by atoms with Crippen LogP contribution in [0.25, 0.3) is 11.3 Å². The van der Waals surface area contributed by atoms with Gasteiger partial charge in [-0.15, -0.1) is 11.3 Å². The minimum absolute atomic E-state index is 0.0337. The SMILES string of the molecule is O=C(CN1CCN(Cc2nc(-c3ccc(F)cc3)cs2)CC1)Nc1ccccc1C(F)(F)F. The minimum Gasteiger partial charge on any atom is -0.324 e. The minimum atomic E-state index is -4.53. The Morgan fingerprint density at radius 2 is 1.67 bits per heavy atom. The van der Waals surface area contributed by atoms with Gasteiger partial charge < -0.3 is 5.32 Å². The summed E-state index contributed by atoms with van der Waals surface area (Å²) < 4.78 is 52.4. The molecule has 2 heterocycles. The Labute approximate surface area is 192 Å². The van der Waals surface area contributed by atoms with Crippen LogP contribution in [0.4, 0.5) is 23.2 Å². The zero-order valence-corrected chi connectivity index (χ0v) is 18.4. The first-order chi connectivity index (χ1) is 15.8. The first kappa shape index (κ1) is 23.3. The maximum Gasteiger partial charge on any atom is 0.418 e. The maximum atomic E-state index is 13.1. The molecular weight excluding hydrogens is 456 g/mol. The molecule has 2 aromatic carbocycles. The highest BCUT2D eigenvalue weighted by molar-refractivity contribution is 7.09. The molecule has 10 heteroatoms. The molecule has 0 unspecified atom stereocenters. The second kappa shape index (κ2) is 9.98. The van der Waals surface area contributed by atoms with Gasteiger partial charge >= 0.3 is 6.18 Å². The highest BCUT2D eigenvalue weighted by Crippen LogP contribution is 2.34. The van der Waals surface area contributed by atoms with Crippen molar-refractivity contribution in [2.24, 2.45) is 0 Å². The molecule has 0 radical (unpaired) electrons. The van der Waals surface area contributed by atoms with Crippen molar-refractivity contribution in [2.45, 2.75) is 12.7 Å². The predicted molar refractivity (Wildman–Crippen MR) is 119 cm³/mol. The lowest BCUT2D eigenvalue weighted by molar-refractivity contribution is -0.137. The number of nitrogens with one attached hydrogen (secondary N) is 1. The second-order valence-corrected chi connectivity index (χ2v) is 8.72. The molecule has 174 valence electrons. The van der Waals surface area contributed by atoms with Gasteiger partial charge in [-0.1, -0.05) is 12.1 Å². The third kappa shape index (κ3) is 6.16. The fraction of sp³-hybridized carbons (Fsp3) is 0.304. The van der Waals surface area contributed by atoms with E-state index in [1.807, 2.05) is 10.3 Å². The highest BCUT2D eigenvalue weighted by atomic mass is 32.1. The molecule has 0 saturated carbocycles. The fourth-order valence-electron chi connectivity index (χ4n) is 3.67. The van der Waals surface area contributed by atoms with Crippen molar-refractivity contribution in [2.75, 3.05) is 38.0 Å². The first-order valence-electron chi connectivity index (χ1n) is 10.4. The van der Waals surface area contributed by atoms with Crippen molar-refractivity contribution in [1.29, 1.82) is 0 Å². The van der Waals surface area contributed by atoms with Gasteiger partial charge in [-0.05, 0) is 36.4 Å². The number of carbonyl (C=O) groups is 1. The van der Waals surface area contributed by atoms with Crippen LogP contribution in [0.2, 0.25) is 0 Å². The number of nitrogens with zero attached hydrogens (tertiary/aromatic N) is 3. The number of hydrogen-bond donors (Lipinski definition) is 1. The summed E-state index contributed by atoms with van der Waals surface area (Å²) in [7, 11) is 0. The normalized spacial score (nSPS) is 15.5. The summed E-state index contributed by atoms with van der Waals surface area (Å²) in [6.07, 6.45) is -4.53. The molecule has 1 fully saturated rings. The molecule has 0 aliphatic carbocycles. The van der Waals surface area contributed by atoms with Gasteiger partial charge in [-0.2, -0.15) is 13.2 Å². The van der Waals surface area contributed by atoms with E-state index in [-0.39, 0.29) is 18.0 Å². The van der Waals surface area contributed by atoms with Gasteiger partial charge in [0, 0.05) is 37.1 Å². The van der Waals surface area contributed by atoms with Crippen molar-refractivity contribution in [1.82, 2.24) is 14.8 Å². The van der Waals surface area contributed by atoms with E-state index in [2.05, 4.69) is 15.2 Å². The lowest BCUT2D eigenvalue weighted by Crippen LogP contribution is -2.48. The van der Waals surface area contributed by atoms with E-state index in [1.165, 1.54) is 30.3 Å². The molecular formula is C23H22F4N4OS. The number of amides is 1. The van der Waals surface area contributed by atoms with Crippen molar-refractivity contribution in [3.05, 3.63) is 70.3 Å². The molecule has 3 aromatic rings. The van der Waals surface area contributed by atoms with Crippen LogP contribution in [-0.4, -0.2) is 53.4 Å². The number of carbonyl (C=O) groups excluding carboxylic acids is 1. The Morgan fingerprint density at radius 1 is 1.00 bits per heavy atom. The Hall–Kier alpha value is -2.82. The van der Waals surface area contributed by atoms with E-state index >= 15 is 0 Å². The van der Waals surface area contributed by atoms with E-state index in [1.54, 1.807) is 23.5 Å². The highest BCUT2D eigenvalue weighted by Gasteiger charge is 2.33. The quantitative estimate of drug-likeness (QED) is 0.521. The first-order valence-corrected chi connectivity index (χ1v) is 11.3. The summed E-state index contributed by atoms with van der Waals surface area (Å²) in [5, 5.41) is 5.29. The van der Waals surface area contributed by atoms with Crippen LogP contribution in [0.3, 0.4) is 0 Å². The van der Waals surface area contributed by atoms with E-state index in [9.17, 15) is 22.4 Å². The number of alkyl halides is 3. The zero-order chi connectivity index (χ0) is 23.4. The number of anilines is 1. The van der Waals surface area contributed by atoms with E-state index in [4.69, 9.17) is 0 Å². The summed E-state index contributed by atoms with van der Waals surface area (Å²) in [5.74, 6) is -0.755. The van der Waals surface area contributed by atoms with Crippen molar-refractivity contribution >= 4 is 22.9 Å². The molecule has 1 saturated heterocycles. The molecule has 1 aliphatic rings. The number of para-hydroxylation sites is 1. The van der Waals surface area contributed by atoms with Gasteiger partial charge in [0.2, 0.25) is 5.91 Å². The Bertz CT molecular complexity index is 1090. The average molecular weight is 479 g/mol. The zero-order valence-electron chi connectivity index (χ0n) is 17.6. The molecule has 1 aromatic heterocycles. The molecule has 0 atom stereocenters. The van der Waals surface area contributed by atoms with E-state index in [0.717, 1.165) is 35.4 Å². The van der Waals surface area contributed by atoms with Crippen LogP contribution in [-0.2, 0) is 17.5 Å². The topological polar surface area (TPSA) is 48.5 Å². The number of aromatic nitrogens is 1. The molecule has 1 amide bonds. The van der Waals surface area contributed by atoms with Crippen molar-refractivity contribution in [3.63, 3.8) is 0 Å². The van der Waals surface area contributed by atoms with Crippen molar-refractivity contribution < 1.29 is 22.4 Å². The monoisotopic (exact) mass is 478 g/mol.